The molecule has 0 fully saturated rings. The molecule has 0 aliphatic heterocycles. The fourth-order valence-corrected chi connectivity index (χ4v) is 2.22. The molecule has 1 atom stereocenters. The smallest absolute Gasteiger partial charge is 0.207 e. The Morgan fingerprint density at radius 3 is 2.94 bits per heavy atom. The quantitative estimate of drug-likeness (QED) is 0.791. The van der Waals surface area contributed by atoms with Crippen LogP contribution in [0.25, 0.3) is 0 Å². The van der Waals surface area contributed by atoms with Crippen LogP contribution in [0.15, 0.2) is 29.8 Å². The van der Waals surface area contributed by atoms with Gasteiger partial charge >= 0.3 is 0 Å². The van der Waals surface area contributed by atoms with Crippen LogP contribution in [0.2, 0.25) is 0 Å². The van der Waals surface area contributed by atoms with Crippen molar-refractivity contribution < 1.29 is 4.79 Å². The first-order valence-corrected chi connectivity index (χ1v) is 6.45. The van der Waals surface area contributed by atoms with Crippen molar-refractivity contribution in [2.75, 3.05) is 5.73 Å². The molecule has 2 heterocycles. The van der Waals surface area contributed by atoms with Gasteiger partial charge in [-0.3, -0.25) is 4.79 Å². The highest BCUT2D eigenvalue weighted by atomic mass is 32.1. The molecule has 0 aliphatic rings. The van der Waals surface area contributed by atoms with Crippen LogP contribution in [-0.2, 0) is 6.42 Å². The van der Waals surface area contributed by atoms with Gasteiger partial charge in [0, 0.05) is 17.3 Å². The number of anilines is 1. The van der Waals surface area contributed by atoms with E-state index in [-0.39, 0.29) is 5.78 Å². The molecule has 0 radical (unpaired) electrons. The zero-order valence-corrected chi connectivity index (χ0v) is 10.6. The summed E-state index contributed by atoms with van der Waals surface area (Å²) in [5.41, 5.74) is 12.3. The number of nitrogens with zero attached hydrogens (tertiary/aromatic N) is 2. The molecule has 5 nitrogen and oxygen atoms in total. The highest BCUT2D eigenvalue weighted by Crippen LogP contribution is 2.10. The summed E-state index contributed by atoms with van der Waals surface area (Å²) in [4.78, 5) is 20.0. The van der Waals surface area contributed by atoms with Crippen LogP contribution in [-0.4, -0.2) is 21.8 Å². The van der Waals surface area contributed by atoms with Crippen molar-refractivity contribution in [3.05, 3.63) is 40.5 Å². The number of carbonyl (C=O) groups is 1. The number of rotatable bonds is 5. The van der Waals surface area contributed by atoms with Crippen LogP contribution in [0, 0.1) is 0 Å². The van der Waals surface area contributed by atoms with Crippen molar-refractivity contribution in [2.24, 2.45) is 5.73 Å². The number of nitrogens with two attached hydrogens (primary N) is 2. The number of aryl methyl sites for hydroxylation is 1. The average molecular weight is 262 g/mol. The van der Waals surface area contributed by atoms with Crippen LogP contribution in [0.5, 0.6) is 0 Å². The zero-order valence-electron chi connectivity index (χ0n) is 9.74. The molecule has 2 aromatic heterocycles. The SMILES string of the molecule is Nc1cccc(CCC(N)C(=O)c2nccs2)n1. The van der Waals surface area contributed by atoms with Gasteiger partial charge in [0.05, 0.1) is 6.04 Å². The first kappa shape index (κ1) is 12.7. The summed E-state index contributed by atoms with van der Waals surface area (Å²) in [6.07, 6.45) is 2.77. The number of aromatic nitrogens is 2. The maximum Gasteiger partial charge on any atom is 0.207 e. The Balaban J connectivity index is 1.92. The van der Waals surface area contributed by atoms with Gasteiger partial charge in [0.15, 0.2) is 5.01 Å². The molecular formula is C12H14N4OS. The number of carbonyl (C=O) groups excluding carboxylic acids is 1. The van der Waals surface area contributed by atoms with Gasteiger partial charge < -0.3 is 11.5 Å². The van der Waals surface area contributed by atoms with Gasteiger partial charge in [0.2, 0.25) is 5.78 Å². The van der Waals surface area contributed by atoms with Gasteiger partial charge in [-0.1, -0.05) is 6.07 Å². The molecule has 6 heteroatoms. The van der Waals surface area contributed by atoms with Gasteiger partial charge in [-0.05, 0) is 25.0 Å². The Kier molecular flexibility index (Phi) is 4.01. The summed E-state index contributed by atoms with van der Waals surface area (Å²) < 4.78 is 0. The molecule has 0 aromatic carbocycles. The molecule has 2 rings (SSSR count). The van der Waals surface area contributed by atoms with Crippen LogP contribution < -0.4 is 11.5 Å². The van der Waals surface area contributed by atoms with Gasteiger partial charge in [0.1, 0.15) is 5.82 Å². The van der Waals surface area contributed by atoms with Crippen LogP contribution >= 0.6 is 11.3 Å². The summed E-state index contributed by atoms with van der Waals surface area (Å²) in [7, 11) is 0. The minimum Gasteiger partial charge on any atom is -0.384 e. The van der Waals surface area contributed by atoms with Crippen molar-refractivity contribution in [1.82, 2.24) is 9.97 Å². The molecule has 0 amide bonds. The monoisotopic (exact) mass is 262 g/mol. The molecule has 0 bridgehead atoms. The van der Waals surface area contributed by atoms with Gasteiger partial charge in [0.25, 0.3) is 0 Å². The van der Waals surface area contributed by atoms with Crippen molar-refractivity contribution >= 4 is 22.9 Å². The minimum absolute atomic E-state index is 0.117. The Labute approximate surface area is 109 Å². The lowest BCUT2D eigenvalue weighted by Crippen LogP contribution is -2.31. The Morgan fingerprint density at radius 2 is 2.28 bits per heavy atom. The van der Waals surface area contributed by atoms with Gasteiger partial charge in [-0.15, -0.1) is 11.3 Å². The van der Waals surface area contributed by atoms with Crippen LogP contribution in [0.3, 0.4) is 0 Å². The van der Waals surface area contributed by atoms with E-state index in [9.17, 15) is 4.79 Å². The average Bonchev–Trinajstić information content (AvgIpc) is 2.89. The van der Waals surface area contributed by atoms with E-state index in [2.05, 4.69) is 9.97 Å². The van der Waals surface area contributed by atoms with Crippen LogP contribution in [0.1, 0.15) is 21.9 Å². The van der Waals surface area contributed by atoms with Crippen molar-refractivity contribution in [2.45, 2.75) is 18.9 Å². The second-order valence-corrected chi connectivity index (χ2v) is 4.80. The molecule has 94 valence electrons. The Hall–Kier alpha value is -1.79. The largest absolute Gasteiger partial charge is 0.384 e. The molecule has 0 aliphatic carbocycles. The molecule has 4 N–H and O–H groups in total. The normalized spacial score (nSPS) is 12.3. The fraction of sp³-hybridized carbons (Fsp3) is 0.250. The summed E-state index contributed by atoms with van der Waals surface area (Å²) in [5.74, 6) is 0.362. The molecule has 18 heavy (non-hydrogen) atoms. The van der Waals surface area contributed by atoms with Crippen molar-refractivity contribution in [3.8, 4) is 0 Å². The van der Waals surface area contributed by atoms with Crippen molar-refractivity contribution in [1.29, 1.82) is 0 Å². The van der Waals surface area contributed by atoms with Crippen molar-refractivity contribution in [3.63, 3.8) is 0 Å². The Bertz CT molecular complexity index is 527. The molecule has 1 unspecified atom stereocenters. The van der Waals surface area contributed by atoms with E-state index in [0.29, 0.717) is 23.7 Å². The van der Waals surface area contributed by atoms with E-state index in [1.165, 1.54) is 11.3 Å². The fourth-order valence-electron chi connectivity index (χ4n) is 1.58. The summed E-state index contributed by atoms with van der Waals surface area (Å²) >= 11 is 1.31. The van der Waals surface area contributed by atoms with E-state index in [1.807, 2.05) is 12.1 Å². The lowest BCUT2D eigenvalue weighted by Gasteiger charge is -2.08. The number of Topliss-reactive ketones (excluding diaryl/α,β-unsaturated/α-hetero) is 1. The molecule has 0 saturated heterocycles. The standard InChI is InChI=1S/C12H14N4OS/c13-9(11(17)12-15-6-7-18-12)5-4-8-2-1-3-10(14)16-8/h1-3,6-7,9H,4-5,13H2,(H2,14,16). The van der Waals surface area contributed by atoms with E-state index >= 15 is 0 Å². The maximum atomic E-state index is 11.9. The molecule has 0 saturated carbocycles. The third-order valence-corrected chi connectivity index (χ3v) is 3.31. The number of pyridine rings is 1. The second kappa shape index (κ2) is 5.70. The predicted molar refractivity (Wildman–Crippen MR) is 71.4 cm³/mol. The minimum atomic E-state index is -0.542. The first-order valence-electron chi connectivity index (χ1n) is 5.57. The third kappa shape index (κ3) is 3.12. The predicted octanol–water partition coefficient (Wildman–Crippen LogP) is 1.26. The lowest BCUT2D eigenvalue weighted by molar-refractivity contribution is 0.0957. The number of ketones is 1. The number of hydrogen-bond acceptors (Lipinski definition) is 6. The molecule has 0 spiro atoms. The van der Waals surface area contributed by atoms with E-state index in [0.717, 1.165) is 5.69 Å². The zero-order chi connectivity index (χ0) is 13.0. The number of nitrogen functional groups attached to an aromatic ring is 1. The highest BCUT2D eigenvalue weighted by molar-refractivity contribution is 7.11. The Morgan fingerprint density at radius 1 is 1.44 bits per heavy atom. The molecular weight excluding hydrogens is 248 g/mol. The lowest BCUT2D eigenvalue weighted by atomic mass is 10.1. The molecule has 2 aromatic rings. The van der Waals surface area contributed by atoms with Gasteiger partial charge in [-0.25, -0.2) is 9.97 Å². The van der Waals surface area contributed by atoms with E-state index < -0.39 is 6.04 Å². The highest BCUT2D eigenvalue weighted by Gasteiger charge is 2.17. The third-order valence-electron chi connectivity index (χ3n) is 2.52. The second-order valence-electron chi connectivity index (χ2n) is 3.90. The van der Waals surface area contributed by atoms with Crippen LogP contribution in [0.4, 0.5) is 5.82 Å². The number of thiazole rings is 1. The topological polar surface area (TPSA) is 94.9 Å². The van der Waals surface area contributed by atoms with Gasteiger partial charge in [-0.2, -0.15) is 0 Å². The summed E-state index contributed by atoms with van der Waals surface area (Å²) in [6, 6.07) is 4.90. The maximum absolute atomic E-state index is 11.9. The number of hydrogen-bond donors (Lipinski definition) is 2. The van der Waals surface area contributed by atoms with E-state index in [1.54, 1.807) is 17.6 Å². The van der Waals surface area contributed by atoms with E-state index in [4.69, 9.17) is 11.5 Å². The first-order chi connectivity index (χ1) is 8.66. The summed E-state index contributed by atoms with van der Waals surface area (Å²) in [6.45, 7) is 0. The summed E-state index contributed by atoms with van der Waals surface area (Å²) in [5, 5.41) is 2.22.